The molecule has 2 heterocycles. The summed E-state index contributed by atoms with van der Waals surface area (Å²) in [6.07, 6.45) is 2.57. The lowest BCUT2D eigenvalue weighted by molar-refractivity contribution is -0.119. The molecule has 1 fully saturated rings. The van der Waals surface area contributed by atoms with Crippen LogP contribution in [0, 0.1) is 9.81 Å². The van der Waals surface area contributed by atoms with E-state index in [1.807, 2.05) is 0 Å². The molecule has 1 saturated heterocycles. The number of unbranched alkanes of at least 4 members (excludes halogenated alkanes) is 2. The fraction of sp³-hybridized carbons (Fsp3) is 0.667. The van der Waals surface area contributed by atoms with Crippen LogP contribution >= 0.6 is 21.6 Å². The number of carbonyl (C=O) groups excluding carboxylic acids is 2. The van der Waals surface area contributed by atoms with Gasteiger partial charge in [0.25, 0.3) is 5.91 Å². The van der Waals surface area contributed by atoms with Gasteiger partial charge < -0.3 is 9.84 Å². The molecule has 1 aliphatic heterocycles. The van der Waals surface area contributed by atoms with Crippen LogP contribution in [0.25, 0.3) is 0 Å². The Kier molecular flexibility index (Phi) is 11.6. The summed E-state index contributed by atoms with van der Waals surface area (Å²) in [6, 6.07) is 0.629. The van der Waals surface area contributed by atoms with Gasteiger partial charge in [0.05, 0.1) is 6.61 Å². The molecule has 15 heteroatoms. The number of hydrazine groups is 1. The number of anilines is 1. The van der Waals surface area contributed by atoms with Crippen molar-refractivity contribution < 1.29 is 19.4 Å². The zero-order valence-corrected chi connectivity index (χ0v) is 19.4. The summed E-state index contributed by atoms with van der Waals surface area (Å²) >= 11 is 0. The van der Waals surface area contributed by atoms with Crippen LogP contribution in [0.3, 0.4) is 0 Å². The normalized spacial score (nSPS) is 19.9. The number of aliphatic hydroxyl groups is 1. The maximum Gasteiger partial charge on any atom is 0.351 e. The van der Waals surface area contributed by atoms with E-state index in [0.29, 0.717) is 12.2 Å². The highest BCUT2D eigenvalue weighted by Crippen LogP contribution is 2.29. The Morgan fingerprint density at radius 3 is 2.64 bits per heavy atom. The number of aliphatic hydroxyl groups excluding tert-OH is 1. The molecule has 0 bridgehead atoms. The van der Waals surface area contributed by atoms with Gasteiger partial charge in [-0.05, 0) is 18.9 Å². The number of carbonyl (C=O) groups is 2. The fourth-order valence-electron chi connectivity index (χ4n) is 3.07. The van der Waals surface area contributed by atoms with E-state index >= 15 is 0 Å². The third kappa shape index (κ3) is 8.26. The molecule has 0 spiro atoms. The Bertz CT molecular complexity index is 886. The van der Waals surface area contributed by atoms with Crippen LogP contribution in [-0.2, 0) is 14.3 Å². The molecule has 1 aromatic rings. The highest BCUT2D eigenvalue weighted by molar-refractivity contribution is 8.76. The number of hydrogen-bond acceptors (Lipinski definition) is 12. The molecule has 3 unspecified atom stereocenters. The summed E-state index contributed by atoms with van der Waals surface area (Å²) in [5, 5.41) is 15.3. The smallest absolute Gasteiger partial charge is 0.351 e. The predicted molar refractivity (Wildman–Crippen MR) is 124 cm³/mol. The minimum Gasteiger partial charge on any atom is -0.394 e. The van der Waals surface area contributed by atoms with Gasteiger partial charge in [-0.3, -0.25) is 14.2 Å². The highest BCUT2D eigenvalue weighted by atomic mass is 33.1. The van der Waals surface area contributed by atoms with Crippen molar-refractivity contribution in [3.63, 3.8) is 0 Å². The summed E-state index contributed by atoms with van der Waals surface area (Å²) in [5.74, 6) is 6.12. The molecular weight excluding hydrogens is 476 g/mol. The Morgan fingerprint density at radius 1 is 1.24 bits per heavy atom. The van der Waals surface area contributed by atoms with Gasteiger partial charge in [-0.2, -0.15) is 9.89 Å². The Morgan fingerprint density at radius 2 is 2.00 bits per heavy atom. The molecule has 1 aliphatic rings. The van der Waals surface area contributed by atoms with Crippen molar-refractivity contribution >= 4 is 39.2 Å². The average molecular weight is 503 g/mol. The van der Waals surface area contributed by atoms with Crippen LogP contribution in [0.4, 0.5) is 5.82 Å². The number of hydrogen-bond donors (Lipinski definition) is 2. The molecule has 33 heavy (non-hydrogen) atoms. The summed E-state index contributed by atoms with van der Waals surface area (Å²) in [5.41, 5.74) is -0.709. The first-order chi connectivity index (χ1) is 15.9. The van der Waals surface area contributed by atoms with Crippen molar-refractivity contribution in [1.82, 2.24) is 9.55 Å². The maximum atomic E-state index is 12.4. The van der Waals surface area contributed by atoms with Crippen molar-refractivity contribution in [3.05, 3.63) is 32.6 Å². The van der Waals surface area contributed by atoms with Gasteiger partial charge in [-0.15, -0.1) is 4.91 Å². The second kappa shape index (κ2) is 14.1. The van der Waals surface area contributed by atoms with Gasteiger partial charge in [-0.25, -0.2) is 15.6 Å². The summed E-state index contributed by atoms with van der Waals surface area (Å²) < 4.78 is 6.64. The first kappa shape index (κ1) is 27.0. The molecule has 2 amide bonds. The van der Waals surface area contributed by atoms with Gasteiger partial charge in [0.2, 0.25) is 5.91 Å². The van der Waals surface area contributed by atoms with Crippen LogP contribution in [0.15, 0.2) is 27.4 Å². The second-order valence-corrected chi connectivity index (χ2v) is 9.85. The van der Waals surface area contributed by atoms with E-state index in [-0.39, 0.29) is 25.1 Å². The Labute approximate surface area is 197 Å². The molecule has 3 atom stereocenters. The maximum absolute atomic E-state index is 12.4. The van der Waals surface area contributed by atoms with Crippen LogP contribution < -0.4 is 16.5 Å². The summed E-state index contributed by atoms with van der Waals surface area (Å²) in [6.45, 7) is -0.394. The van der Waals surface area contributed by atoms with Crippen LogP contribution in [0.1, 0.15) is 44.8 Å². The van der Waals surface area contributed by atoms with Crippen LogP contribution in [-0.4, -0.2) is 56.7 Å². The first-order valence-corrected chi connectivity index (χ1v) is 12.8. The number of amides is 2. The lowest BCUT2D eigenvalue weighted by atomic mass is 10.1. The number of aromatic nitrogens is 2. The van der Waals surface area contributed by atoms with Gasteiger partial charge in [0.15, 0.2) is 5.82 Å². The predicted octanol–water partition coefficient (Wildman–Crippen LogP) is 1.49. The molecule has 0 saturated carbocycles. The number of nitrogens with two attached hydrogens (primary N) is 1. The summed E-state index contributed by atoms with van der Waals surface area (Å²) in [4.78, 5) is 60.1. The number of nitroso groups, excluding NO2 is 2. The molecule has 13 nitrogen and oxygen atoms in total. The molecule has 3 N–H and O–H groups in total. The molecule has 0 radical (unpaired) electrons. The molecule has 182 valence electrons. The second-order valence-electron chi connectivity index (χ2n) is 7.15. The van der Waals surface area contributed by atoms with Crippen molar-refractivity contribution in [2.24, 2.45) is 16.2 Å². The minimum absolute atomic E-state index is 0.0139. The van der Waals surface area contributed by atoms with E-state index in [0.717, 1.165) is 28.2 Å². The highest BCUT2D eigenvalue weighted by Gasteiger charge is 2.37. The molecule has 1 aromatic heterocycles. The third-order valence-electron chi connectivity index (χ3n) is 4.86. The van der Waals surface area contributed by atoms with E-state index in [1.165, 1.54) is 23.1 Å². The Hall–Kier alpha value is -2.20. The SMILES string of the molecule is NN(C(=O)CCSSCCCCCC(=O)N=O)c1ccn(C2CC(N=O)C(CO)O2)c(=O)n1. The van der Waals surface area contributed by atoms with Gasteiger partial charge in [0.1, 0.15) is 18.4 Å². The third-order valence-corrected chi connectivity index (χ3v) is 7.36. The van der Waals surface area contributed by atoms with E-state index in [1.54, 1.807) is 10.8 Å². The Balaban J connectivity index is 1.73. The van der Waals surface area contributed by atoms with E-state index in [2.05, 4.69) is 15.3 Å². The van der Waals surface area contributed by atoms with Gasteiger partial charge in [-0.1, -0.05) is 33.2 Å². The lowest BCUT2D eigenvalue weighted by Gasteiger charge is -2.18. The van der Waals surface area contributed by atoms with Gasteiger partial charge in [0, 0.05) is 42.1 Å². The molecule has 2 rings (SSSR count). The number of ether oxygens (including phenoxy) is 1. The summed E-state index contributed by atoms with van der Waals surface area (Å²) in [7, 11) is 3.10. The minimum atomic E-state index is -0.795. The number of nitrogens with zero attached hydrogens (tertiary/aromatic N) is 5. The average Bonchev–Trinajstić information content (AvgIpc) is 3.25. The van der Waals surface area contributed by atoms with Crippen LogP contribution in [0.2, 0.25) is 0 Å². The van der Waals surface area contributed by atoms with Crippen molar-refractivity contribution in [2.75, 3.05) is 23.1 Å². The quantitative estimate of drug-likeness (QED) is 0.0936. The van der Waals surface area contributed by atoms with Gasteiger partial charge >= 0.3 is 5.69 Å². The fourth-order valence-corrected chi connectivity index (χ4v) is 5.20. The van der Waals surface area contributed by atoms with Crippen molar-refractivity contribution in [3.8, 4) is 0 Å². The monoisotopic (exact) mass is 502 g/mol. The van der Waals surface area contributed by atoms with Crippen LogP contribution in [0.5, 0.6) is 0 Å². The molecule has 0 aliphatic carbocycles. The van der Waals surface area contributed by atoms with E-state index in [4.69, 9.17) is 10.6 Å². The molecular formula is C18H26N6O7S2. The zero-order valence-electron chi connectivity index (χ0n) is 17.8. The topological polar surface area (TPSA) is 187 Å². The first-order valence-electron chi connectivity index (χ1n) is 10.3. The largest absolute Gasteiger partial charge is 0.394 e. The zero-order chi connectivity index (χ0) is 24.2. The van der Waals surface area contributed by atoms with E-state index in [9.17, 15) is 29.3 Å². The van der Waals surface area contributed by atoms with Crippen molar-refractivity contribution in [2.45, 2.75) is 56.9 Å². The van der Waals surface area contributed by atoms with E-state index < -0.39 is 42.5 Å². The van der Waals surface area contributed by atoms with Crippen molar-refractivity contribution in [1.29, 1.82) is 0 Å². The lowest BCUT2D eigenvalue weighted by Crippen LogP contribution is -2.40. The molecule has 0 aromatic carbocycles. The standard InChI is InChI=1S/C18H26N6O7S2/c19-24(16(27)6-9-33-32-8-3-1-2-4-15(26)22-30)14-5-7-23(18(28)20-14)17-10-12(21-29)13(11-25)31-17/h5,7,12-13,17,25H,1-4,6,8-11,19H2. The number of rotatable bonds is 14.